The zero-order valence-corrected chi connectivity index (χ0v) is 14.8. The lowest BCUT2D eigenvalue weighted by molar-refractivity contribution is 0.0940. The molecule has 2 aromatic rings. The van der Waals surface area contributed by atoms with Gasteiger partial charge in [-0.15, -0.1) is 0 Å². The number of carbonyl (C=O) groups is 1. The van der Waals surface area contributed by atoms with Crippen molar-refractivity contribution < 1.29 is 13.2 Å². The Morgan fingerprint density at radius 2 is 1.64 bits per heavy atom. The fourth-order valence-electron chi connectivity index (χ4n) is 1.91. The van der Waals surface area contributed by atoms with Crippen LogP contribution in [0.15, 0.2) is 53.4 Å². The Labute approximate surface area is 143 Å². The van der Waals surface area contributed by atoms with E-state index in [9.17, 15) is 13.2 Å². The average Bonchev–Trinajstić information content (AvgIpc) is 2.47. The Morgan fingerprint density at radius 1 is 1.09 bits per heavy atom. The number of halogens is 1. The molecular weight excluding hydrogens is 415 g/mol. The summed E-state index contributed by atoms with van der Waals surface area (Å²) in [4.78, 5) is 12.2. The number of benzene rings is 2. The number of carbonyl (C=O) groups excluding carboxylic acids is 1. The fourth-order valence-corrected chi connectivity index (χ4v) is 2.79. The molecule has 5 nitrogen and oxygen atoms in total. The Morgan fingerprint density at radius 3 is 2.14 bits per heavy atom. The van der Waals surface area contributed by atoms with E-state index in [2.05, 4.69) is 27.9 Å². The van der Waals surface area contributed by atoms with Crippen molar-refractivity contribution in [2.24, 2.45) is 5.14 Å². The van der Waals surface area contributed by atoms with Crippen molar-refractivity contribution >= 4 is 38.5 Å². The highest BCUT2D eigenvalue weighted by molar-refractivity contribution is 14.1. The molecule has 2 aromatic carbocycles. The Kier molecular flexibility index (Phi) is 5.20. The second kappa shape index (κ2) is 6.76. The van der Waals surface area contributed by atoms with Crippen LogP contribution in [0.2, 0.25) is 0 Å². The molecule has 0 bridgehead atoms. The molecule has 7 heteroatoms. The van der Waals surface area contributed by atoms with Crippen LogP contribution in [0.3, 0.4) is 0 Å². The summed E-state index contributed by atoms with van der Waals surface area (Å²) < 4.78 is 23.5. The van der Waals surface area contributed by atoms with Crippen LogP contribution in [0.1, 0.15) is 28.9 Å². The smallest absolute Gasteiger partial charge is 0.251 e. The van der Waals surface area contributed by atoms with Crippen LogP contribution < -0.4 is 10.5 Å². The topological polar surface area (TPSA) is 89.3 Å². The van der Waals surface area contributed by atoms with E-state index in [1.54, 1.807) is 24.3 Å². The highest BCUT2D eigenvalue weighted by Crippen LogP contribution is 2.16. The SMILES string of the molecule is CC(NC(=O)c1ccc(I)cc1)c1ccc(S(N)(=O)=O)cc1. The van der Waals surface area contributed by atoms with Crippen LogP contribution in [-0.4, -0.2) is 14.3 Å². The van der Waals surface area contributed by atoms with Gasteiger partial charge in [-0.1, -0.05) is 12.1 Å². The summed E-state index contributed by atoms with van der Waals surface area (Å²) in [6, 6.07) is 13.1. The second-order valence-corrected chi connectivity index (χ2v) is 7.62. The van der Waals surface area contributed by atoms with Crippen LogP contribution in [0.5, 0.6) is 0 Å². The lowest BCUT2D eigenvalue weighted by Gasteiger charge is -2.15. The van der Waals surface area contributed by atoms with Crippen LogP contribution in [-0.2, 0) is 10.0 Å². The first-order valence-electron chi connectivity index (χ1n) is 6.46. The highest BCUT2D eigenvalue weighted by atomic mass is 127. The molecule has 1 amide bonds. The van der Waals surface area contributed by atoms with E-state index in [0.29, 0.717) is 5.56 Å². The van der Waals surface area contributed by atoms with Gasteiger partial charge in [-0.05, 0) is 71.5 Å². The molecule has 0 aliphatic rings. The van der Waals surface area contributed by atoms with E-state index in [1.807, 2.05) is 19.1 Å². The zero-order valence-electron chi connectivity index (χ0n) is 11.8. The van der Waals surface area contributed by atoms with Crippen LogP contribution in [0, 0.1) is 3.57 Å². The maximum Gasteiger partial charge on any atom is 0.251 e. The Balaban J connectivity index is 2.10. The van der Waals surface area contributed by atoms with Crippen molar-refractivity contribution in [1.82, 2.24) is 5.32 Å². The van der Waals surface area contributed by atoms with E-state index in [0.717, 1.165) is 9.13 Å². The molecule has 0 saturated heterocycles. The van der Waals surface area contributed by atoms with Gasteiger partial charge in [0.25, 0.3) is 5.91 Å². The predicted octanol–water partition coefficient (Wildman–Crippen LogP) is 2.43. The van der Waals surface area contributed by atoms with Gasteiger partial charge in [-0.2, -0.15) is 0 Å². The Bertz CT molecular complexity index is 771. The molecule has 0 aliphatic carbocycles. The number of sulfonamides is 1. The molecule has 0 fully saturated rings. The minimum Gasteiger partial charge on any atom is -0.346 e. The number of hydrogen-bond donors (Lipinski definition) is 2. The summed E-state index contributed by atoms with van der Waals surface area (Å²) in [5.41, 5.74) is 1.37. The summed E-state index contributed by atoms with van der Waals surface area (Å²) in [7, 11) is -3.70. The molecule has 1 atom stereocenters. The number of primary sulfonamides is 1. The molecule has 0 aromatic heterocycles. The van der Waals surface area contributed by atoms with Crippen molar-refractivity contribution in [1.29, 1.82) is 0 Å². The van der Waals surface area contributed by atoms with E-state index < -0.39 is 10.0 Å². The summed E-state index contributed by atoms with van der Waals surface area (Å²) in [6.45, 7) is 1.83. The molecule has 1 unspecified atom stereocenters. The second-order valence-electron chi connectivity index (χ2n) is 4.82. The molecule has 0 aliphatic heterocycles. The van der Waals surface area contributed by atoms with Gasteiger partial charge in [0.05, 0.1) is 10.9 Å². The zero-order chi connectivity index (χ0) is 16.3. The van der Waals surface area contributed by atoms with Crippen LogP contribution in [0.4, 0.5) is 0 Å². The quantitative estimate of drug-likeness (QED) is 0.731. The van der Waals surface area contributed by atoms with E-state index >= 15 is 0 Å². The van der Waals surface area contributed by atoms with Gasteiger partial charge in [0.15, 0.2) is 0 Å². The fraction of sp³-hybridized carbons (Fsp3) is 0.133. The predicted molar refractivity (Wildman–Crippen MR) is 92.9 cm³/mol. The number of nitrogens with one attached hydrogen (secondary N) is 1. The van der Waals surface area contributed by atoms with Crippen molar-refractivity contribution in [2.45, 2.75) is 17.9 Å². The van der Waals surface area contributed by atoms with Crippen molar-refractivity contribution in [3.05, 3.63) is 63.2 Å². The van der Waals surface area contributed by atoms with E-state index in [1.165, 1.54) is 12.1 Å². The molecule has 0 spiro atoms. The number of nitrogens with two attached hydrogens (primary N) is 1. The summed E-state index contributed by atoms with van der Waals surface area (Å²) in [5, 5.41) is 7.92. The number of hydrogen-bond acceptors (Lipinski definition) is 3. The Hall–Kier alpha value is -1.45. The molecule has 0 saturated carbocycles. The summed E-state index contributed by atoms with van der Waals surface area (Å²) in [6.07, 6.45) is 0. The van der Waals surface area contributed by atoms with Gasteiger partial charge >= 0.3 is 0 Å². The molecule has 0 radical (unpaired) electrons. The highest BCUT2D eigenvalue weighted by Gasteiger charge is 2.13. The first-order valence-corrected chi connectivity index (χ1v) is 9.09. The minimum absolute atomic E-state index is 0.0485. The van der Waals surface area contributed by atoms with E-state index in [-0.39, 0.29) is 16.8 Å². The molecule has 2 rings (SSSR count). The van der Waals surface area contributed by atoms with Gasteiger partial charge < -0.3 is 5.32 Å². The van der Waals surface area contributed by atoms with Gasteiger partial charge in [0, 0.05) is 9.13 Å². The maximum absolute atomic E-state index is 12.1. The summed E-state index contributed by atoms with van der Waals surface area (Å²) >= 11 is 2.17. The normalized spacial score (nSPS) is 12.7. The molecular formula is C15H15IN2O3S. The molecule has 0 heterocycles. The third-order valence-corrected chi connectivity index (χ3v) is 4.81. The third kappa shape index (κ3) is 4.28. The minimum atomic E-state index is -3.70. The maximum atomic E-state index is 12.1. The van der Waals surface area contributed by atoms with Crippen molar-refractivity contribution in [2.75, 3.05) is 0 Å². The van der Waals surface area contributed by atoms with Gasteiger partial charge in [0.2, 0.25) is 10.0 Å². The first-order chi connectivity index (χ1) is 10.3. The average molecular weight is 430 g/mol. The largest absolute Gasteiger partial charge is 0.346 e. The molecule has 22 heavy (non-hydrogen) atoms. The standard InChI is InChI=1S/C15H15IN2O3S/c1-10(11-4-8-14(9-5-11)22(17,20)21)18-15(19)12-2-6-13(16)7-3-12/h2-10H,1H3,(H,18,19)(H2,17,20,21). The lowest BCUT2D eigenvalue weighted by atomic mass is 10.1. The monoisotopic (exact) mass is 430 g/mol. The number of amides is 1. The summed E-state index contributed by atoms with van der Waals surface area (Å²) in [5.74, 6) is -0.181. The van der Waals surface area contributed by atoms with E-state index in [4.69, 9.17) is 5.14 Å². The molecule has 3 N–H and O–H groups in total. The van der Waals surface area contributed by atoms with Crippen LogP contribution in [0.25, 0.3) is 0 Å². The first kappa shape index (κ1) is 16.9. The van der Waals surface area contributed by atoms with Gasteiger partial charge in [-0.25, -0.2) is 13.6 Å². The van der Waals surface area contributed by atoms with Gasteiger partial charge in [0.1, 0.15) is 0 Å². The molecule has 116 valence electrons. The lowest BCUT2D eigenvalue weighted by Crippen LogP contribution is -2.26. The number of rotatable bonds is 4. The van der Waals surface area contributed by atoms with Gasteiger partial charge in [-0.3, -0.25) is 4.79 Å². The van der Waals surface area contributed by atoms with Crippen molar-refractivity contribution in [3.8, 4) is 0 Å². The third-order valence-electron chi connectivity index (χ3n) is 3.16. The van der Waals surface area contributed by atoms with Crippen LogP contribution >= 0.6 is 22.6 Å². The van der Waals surface area contributed by atoms with Crippen molar-refractivity contribution in [3.63, 3.8) is 0 Å².